The Morgan fingerprint density at radius 3 is 1.35 bits per heavy atom. The molecule has 26 heavy (non-hydrogen) atoms. The fourth-order valence-electron chi connectivity index (χ4n) is 3.45. The summed E-state index contributed by atoms with van der Waals surface area (Å²) in [5, 5.41) is 5.65. The van der Waals surface area contributed by atoms with Crippen LogP contribution in [0.1, 0.15) is 0 Å². The molecule has 0 N–H and O–H groups in total. The quantitative estimate of drug-likeness (QED) is 0.382. The molecule has 3 aromatic carbocycles. The molecule has 4 rings (SSSR count). The normalized spacial score (nSPS) is 11.3. The largest absolute Gasteiger partial charge is 0.244 e. The number of nitrogens with zero attached hydrogens (tertiary/aromatic N) is 1. The molecule has 4 aromatic rings. The molecule has 0 atom stereocenters. The second kappa shape index (κ2) is 7.41. The zero-order valence-electron chi connectivity index (χ0n) is 14.2. The van der Waals surface area contributed by atoms with Gasteiger partial charge in [-0.05, 0) is 36.4 Å². The Morgan fingerprint density at radius 1 is 0.538 bits per heavy atom. The van der Waals surface area contributed by atoms with E-state index in [0.717, 1.165) is 0 Å². The van der Waals surface area contributed by atoms with Gasteiger partial charge in [-0.1, -0.05) is 66.2 Å². The maximum Gasteiger partial charge on any atom is 0.144 e. The first-order valence-corrected chi connectivity index (χ1v) is 10.7. The fourth-order valence-corrected chi connectivity index (χ4v) is 7.95. The maximum absolute atomic E-state index is 6.32. The van der Waals surface area contributed by atoms with Crippen LogP contribution in [-0.2, 0) is 0 Å². The molecule has 0 amide bonds. The first-order chi connectivity index (χ1) is 12.8. The molecule has 0 saturated heterocycles. The molecule has 0 aliphatic carbocycles. The van der Waals surface area contributed by atoms with Crippen LogP contribution < -0.4 is 21.2 Å². The summed E-state index contributed by atoms with van der Waals surface area (Å²) in [4.78, 5) is 4.22. The van der Waals surface area contributed by atoms with Gasteiger partial charge in [-0.15, -0.1) is 0 Å². The minimum absolute atomic E-state index is 0.523. The maximum atomic E-state index is 6.32. The number of hydrogen-bond donors (Lipinski definition) is 0. The van der Waals surface area contributed by atoms with E-state index in [1.807, 2.05) is 6.07 Å². The summed E-state index contributed by atoms with van der Waals surface area (Å²) in [7, 11) is -2.06. The van der Waals surface area contributed by atoms with E-state index >= 15 is 0 Å². The highest BCUT2D eigenvalue weighted by molar-refractivity contribution is 8.01. The van der Waals surface area contributed by atoms with E-state index < -0.39 is 7.26 Å². The summed E-state index contributed by atoms with van der Waals surface area (Å²) in [5.41, 5.74) is 0. The van der Waals surface area contributed by atoms with Crippen molar-refractivity contribution in [1.29, 1.82) is 0 Å². The van der Waals surface area contributed by atoms with Crippen LogP contribution in [-0.4, -0.2) is 4.98 Å². The van der Waals surface area contributed by atoms with Crippen LogP contribution in [0.2, 0.25) is 5.15 Å². The van der Waals surface area contributed by atoms with E-state index in [0.29, 0.717) is 5.15 Å². The van der Waals surface area contributed by atoms with Crippen molar-refractivity contribution in [2.45, 2.75) is 0 Å². The predicted octanol–water partition coefficient (Wildman–Crippen LogP) is 4.35. The van der Waals surface area contributed by atoms with E-state index in [4.69, 9.17) is 11.6 Å². The molecule has 0 saturated carbocycles. The van der Waals surface area contributed by atoms with Gasteiger partial charge in [-0.2, -0.15) is 0 Å². The minimum atomic E-state index is -2.06. The van der Waals surface area contributed by atoms with Crippen molar-refractivity contribution in [3.8, 4) is 0 Å². The average Bonchev–Trinajstić information content (AvgIpc) is 2.71. The highest BCUT2D eigenvalue weighted by atomic mass is 35.5. The van der Waals surface area contributed by atoms with Crippen LogP contribution in [0.25, 0.3) is 0 Å². The molecule has 0 unspecified atom stereocenters. The Balaban J connectivity index is 2.14. The highest BCUT2D eigenvalue weighted by Crippen LogP contribution is 2.54. The molecular formula is C23H18ClNP+. The van der Waals surface area contributed by atoms with Crippen molar-refractivity contribution in [2.24, 2.45) is 0 Å². The van der Waals surface area contributed by atoms with Gasteiger partial charge in [0, 0.05) is 18.3 Å². The van der Waals surface area contributed by atoms with Crippen molar-refractivity contribution >= 4 is 40.1 Å². The van der Waals surface area contributed by atoms with Crippen LogP contribution in [0, 0.1) is 0 Å². The molecule has 0 aliphatic rings. The van der Waals surface area contributed by atoms with Crippen LogP contribution >= 0.6 is 18.9 Å². The fraction of sp³-hybridized carbons (Fsp3) is 0. The molecule has 0 spiro atoms. The Bertz CT molecular complexity index is 891. The Kier molecular flexibility index (Phi) is 4.84. The van der Waals surface area contributed by atoms with Gasteiger partial charge in [0.15, 0.2) is 0 Å². The third kappa shape index (κ3) is 2.94. The van der Waals surface area contributed by atoms with Crippen molar-refractivity contribution in [3.05, 3.63) is 114 Å². The second-order valence-electron chi connectivity index (χ2n) is 6.01. The Labute approximate surface area is 159 Å². The smallest absolute Gasteiger partial charge is 0.144 e. The number of pyridine rings is 1. The molecule has 0 radical (unpaired) electrons. The molecule has 1 nitrogen and oxygen atoms in total. The number of halogens is 1. The summed E-state index contributed by atoms with van der Waals surface area (Å²) in [6.07, 6.45) is 1.81. The van der Waals surface area contributed by atoms with Crippen LogP contribution in [0.15, 0.2) is 109 Å². The topological polar surface area (TPSA) is 12.9 Å². The third-order valence-electron chi connectivity index (χ3n) is 4.53. The summed E-state index contributed by atoms with van der Waals surface area (Å²) in [6, 6.07) is 36.3. The number of benzene rings is 3. The second-order valence-corrected chi connectivity index (χ2v) is 9.81. The van der Waals surface area contributed by atoms with E-state index in [-0.39, 0.29) is 0 Å². The van der Waals surface area contributed by atoms with Gasteiger partial charge in [0.05, 0.1) is 0 Å². The predicted molar refractivity (Wildman–Crippen MR) is 114 cm³/mol. The number of rotatable bonds is 4. The molecule has 0 fully saturated rings. The molecule has 126 valence electrons. The summed E-state index contributed by atoms with van der Waals surface area (Å²) < 4.78 is 0. The van der Waals surface area contributed by atoms with E-state index in [9.17, 15) is 0 Å². The standard InChI is InChI=1S/C23H18ClNP/c24-23-18-22(16-17-25-23)26(19-10-4-1-5-11-19,20-12-6-2-7-13-20)21-14-8-3-9-15-21/h1-18H/q+1. The third-order valence-corrected chi connectivity index (χ3v) is 9.01. The summed E-state index contributed by atoms with van der Waals surface area (Å²) >= 11 is 6.32. The van der Waals surface area contributed by atoms with Gasteiger partial charge in [0.2, 0.25) is 0 Å². The van der Waals surface area contributed by atoms with Gasteiger partial charge in [-0.3, -0.25) is 0 Å². The summed E-state index contributed by atoms with van der Waals surface area (Å²) in [6.45, 7) is 0. The molecule has 0 bridgehead atoms. The van der Waals surface area contributed by atoms with Crippen molar-refractivity contribution < 1.29 is 0 Å². The van der Waals surface area contributed by atoms with Gasteiger partial charge >= 0.3 is 0 Å². The van der Waals surface area contributed by atoms with Crippen LogP contribution in [0.4, 0.5) is 0 Å². The van der Waals surface area contributed by atoms with E-state index in [2.05, 4.69) is 102 Å². The zero-order chi connectivity index (χ0) is 17.8. The Morgan fingerprint density at radius 2 is 0.962 bits per heavy atom. The lowest BCUT2D eigenvalue weighted by Gasteiger charge is -2.27. The van der Waals surface area contributed by atoms with Crippen molar-refractivity contribution in [3.63, 3.8) is 0 Å². The lowest BCUT2D eigenvalue weighted by Crippen LogP contribution is -2.38. The van der Waals surface area contributed by atoms with E-state index in [1.165, 1.54) is 21.2 Å². The van der Waals surface area contributed by atoms with Crippen molar-refractivity contribution in [1.82, 2.24) is 4.98 Å². The monoisotopic (exact) mass is 374 g/mol. The molecule has 1 aromatic heterocycles. The SMILES string of the molecule is Clc1cc([P+](c2ccccc2)(c2ccccc2)c2ccccc2)ccn1. The molecular weight excluding hydrogens is 357 g/mol. The zero-order valence-corrected chi connectivity index (χ0v) is 15.8. The van der Waals surface area contributed by atoms with Crippen LogP contribution in [0.5, 0.6) is 0 Å². The van der Waals surface area contributed by atoms with Gasteiger partial charge in [0.1, 0.15) is 33.6 Å². The van der Waals surface area contributed by atoms with Crippen molar-refractivity contribution in [2.75, 3.05) is 0 Å². The van der Waals surface area contributed by atoms with Gasteiger partial charge < -0.3 is 0 Å². The van der Waals surface area contributed by atoms with Crippen LogP contribution in [0.3, 0.4) is 0 Å². The highest BCUT2D eigenvalue weighted by Gasteiger charge is 2.47. The lowest BCUT2D eigenvalue weighted by atomic mass is 10.3. The first kappa shape index (κ1) is 17.0. The first-order valence-electron chi connectivity index (χ1n) is 8.50. The number of aromatic nitrogens is 1. The van der Waals surface area contributed by atoms with E-state index in [1.54, 1.807) is 6.20 Å². The van der Waals surface area contributed by atoms with Gasteiger partial charge in [-0.25, -0.2) is 4.98 Å². The number of hydrogen-bond acceptors (Lipinski definition) is 1. The Hall–Kier alpha value is -2.47. The van der Waals surface area contributed by atoms with Gasteiger partial charge in [0.25, 0.3) is 0 Å². The lowest BCUT2D eigenvalue weighted by molar-refractivity contribution is 1.34. The minimum Gasteiger partial charge on any atom is -0.244 e. The summed E-state index contributed by atoms with van der Waals surface area (Å²) in [5.74, 6) is 0. The average molecular weight is 375 g/mol. The molecule has 0 aliphatic heterocycles. The molecule has 3 heteroatoms. The molecule has 1 heterocycles.